The lowest BCUT2D eigenvalue weighted by atomic mass is 10.3. The minimum atomic E-state index is 0.140. The molecule has 0 spiro atoms. The van der Waals surface area contributed by atoms with Crippen molar-refractivity contribution in [1.29, 1.82) is 0 Å². The number of benzene rings is 1. The average molecular weight is 261 g/mol. The van der Waals surface area contributed by atoms with Crippen molar-refractivity contribution in [2.24, 2.45) is 0 Å². The van der Waals surface area contributed by atoms with Gasteiger partial charge < -0.3 is 16.0 Å². The third-order valence-electron chi connectivity index (χ3n) is 2.41. The number of halogens is 1. The molecule has 0 aliphatic rings. The van der Waals surface area contributed by atoms with Crippen molar-refractivity contribution >= 4 is 40.0 Å². The van der Waals surface area contributed by atoms with Gasteiger partial charge in [-0.3, -0.25) is 0 Å². The number of aromatic amines is 1. The summed E-state index contributed by atoms with van der Waals surface area (Å²) in [6.07, 6.45) is 1.54. The van der Waals surface area contributed by atoms with E-state index in [1.807, 2.05) is 18.2 Å². The molecule has 90 valence electrons. The van der Waals surface area contributed by atoms with Crippen molar-refractivity contribution in [2.45, 2.75) is 0 Å². The highest BCUT2D eigenvalue weighted by molar-refractivity contribution is 6.28. The van der Waals surface area contributed by atoms with E-state index < -0.39 is 0 Å². The zero-order chi connectivity index (χ0) is 12.5. The quantitative estimate of drug-likeness (QED) is 0.486. The number of rotatable bonds is 2. The number of nitrogens with two attached hydrogens (primary N) is 1. The molecule has 0 saturated carbocycles. The molecule has 0 unspecified atom stereocenters. The average Bonchev–Trinajstić information content (AvgIpc) is 2.77. The third-order valence-corrected chi connectivity index (χ3v) is 2.58. The van der Waals surface area contributed by atoms with Crippen LogP contribution in [0.2, 0.25) is 5.28 Å². The van der Waals surface area contributed by atoms with E-state index >= 15 is 0 Å². The number of nitrogens with zero attached hydrogens (tertiary/aromatic N) is 3. The van der Waals surface area contributed by atoms with Crippen LogP contribution in [0.25, 0.3) is 11.2 Å². The van der Waals surface area contributed by atoms with Gasteiger partial charge in [-0.2, -0.15) is 9.97 Å². The van der Waals surface area contributed by atoms with E-state index in [2.05, 4.69) is 25.3 Å². The second-order valence-electron chi connectivity index (χ2n) is 3.69. The van der Waals surface area contributed by atoms with E-state index in [0.29, 0.717) is 22.7 Å². The summed E-state index contributed by atoms with van der Waals surface area (Å²) < 4.78 is 0. The number of anilines is 3. The van der Waals surface area contributed by atoms with E-state index in [0.717, 1.165) is 5.69 Å². The van der Waals surface area contributed by atoms with E-state index in [1.165, 1.54) is 0 Å². The Labute approximate surface area is 107 Å². The maximum atomic E-state index is 5.84. The fourth-order valence-electron chi connectivity index (χ4n) is 1.65. The summed E-state index contributed by atoms with van der Waals surface area (Å²) in [7, 11) is 0. The van der Waals surface area contributed by atoms with Gasteiger partial charge in [0, 0.05) is 11.4 Å². The molecular weight excluding hydrogens is 252 g/mol. The highest BCUT2D eigenvalue weighted by atomic mass is 35.5. The van der Waals surface area contributed by atoms with Gasteiger partial charge in [0.1, 0.15) is 5.52 Å². The summed E-state index contributed by atoms with van der Waals surface area (Å²) >= 11 is 5.84. The van der Waals surface area contributed by atoms with Crippen LogP contribution in [0, 0.1) is 0 Å². The van der Waals surface area contributed by atoms with Gasteiger partial charge in [-0.25, -0.2) is 4.98 Å². The SMILES string of the molecule is Nc1cccc(Nc2nc(Cl)nc3nc[nH]c23)c1. The van der Waals surface area contributed by atoms with Crippen molar-refractivity contribution < 1.29 is 0 Å². The van der Waals surface area contributed by atoms with Gasteiger partial charge in [0.25, 0.3) is 0 Å². The Morgan fingerprint density at radius 2 is 2.17 bits per heavy atom. The van der Waals surface area contributed by atoms with Crippen LogP contribution in [0.5, 0.6) is 0 Å². The molecule has 2 aromatic heterocycles. The van der Waals surface area contributed by atoms with Gasteiger partial charge in [0.05, 0.1) is 6.33 Å². The lowest BCUT2D eigenvalue weighted by molar-refractivity contribution is 1.20. The monoisotopic (exact) mass is 260 g/mol. The van der Waals surface area contributed by atoms with E-state index in [4.69, 9.17) is 17.3 Å². The second kappa shape index (κ2) is 4.15. The number of aromatic nitrogens is 4. The van der Waals surface area contributed by atoms with Gasteiger partial charge in [-0.05, 0) is 29.8 Å². The fraction of sp³-hybridized carbons (Fsp3) is 0. The Balaban J connectivity index is 2.06. The van der Waals surface area contributed by atoms with Crippen LogP contribution in [0.15, 0.2) is 30.6 Å². The van der Waals surface area contributed by atoms with Crippen molar-refractivity contribution in [2.75, 3.05) is 11.1 Å². The first-order chi connectivity index (χ1) is 8.72. The largest absolute Gasteiger partial charge is 0.399 e. The van der Waals surface area contributed by atoms with Gasteiger partial charge in [0.15, 0.2) is 11.5 Å². The maximum Gasteiger partial charge on any atom is 0.226 e. The zero-order valence-electron chi connectivity index (χ0n) is 9.18. The molecule has 0 fully saturated rings. The molecule has 0 radical (unpaired) electrons. The Morgan fingerprint density at radius 1 is 1.28 bits per heavy atom. The Bertz CT molecular complexity index is 708. The normalized spacial score (nSPS) is 10.7. The first-order valence-electron chi connectivity index (χ1n) is 5.21. The number of fused-ring (bicyclic) bond motifs is 1. The summed E-state index contributed by atoms with van der Waals surface area (Å²) in [5, 5.41) is 3.27. The number of H-pyrrole nitrogens is 1. The van der Waals surface area contributed by atoms with Crippen LogP contribution in [-0.4, -0.2) is 19.9 Å². The minimum absolute atomic E-state index is 0.140. The predicted molar refractivity (Wildman–Crippen MR) is 70.8 cm³/mol. The maximum absolute atomic E-state index is 5.84. The topological polar surface area (TPSA) is 92.5 Å². The fourth-order valence-corrected chi connectivity index (χ4v) is 1.81. The number of imidazole rings is 1. The smallest absolute Gasteiger partial charge is 0.226 e. The summed E-state index contributed by atoms with van der Waals surface area (Å²) in [5.74, 6) is 0.563. The Kier molecular flexibility index (Phi) is 2.49. The number of nitrogen functional groups attached to an aromatic ring is 1. The molecule has 0 saturated heterocycles. The molecule has 0 atom stereocenters. The first-order valence-corrected chi connectivity index (χ1v) is 5.59. The lowest BCUT2D eigenvalue weighted by Crippen LogP contribution is -1.97. The van der Waals surface area contributed by atoms with E-state index in [-0.39, 0.29) is 5.28 Å². The highest BCUT2D eigenvalue weighted by Gasteiger charge is 2.08. The van der Waals surface area contributed by atoms with Crippen LogP contribution >= 0.6 is 11.6 Å². The summed E-state index contributed by atoms with van der Waals surface area (Å²) in [4.78, 5) is 15.1. The minimum Gasteiger partial charge on any atom is -0.399 e. The van der Waals surface area contributed by atoms with E-state index in [1.54, 1.807) is 12.4 Å². The van der Waals surface area contributed by atoms with Gasteiger partial charge in [-0.15, -0.1) is 0 Å². The number of hydrogen-bond donors (Lipinski definition) is 3. The van der Waals surface area contributed by atoms with Crippen molar-refractivity contribution in [3.63, 3.8) is 0 Å². The lowest BCUT2D eigenvalue weighted by Gasteiger charge is -2.07. The third kappa shape index (κ3) is 1.93. The summed E-state index contributed by atoms with van der Waals surface area (Å²) in [6, 6.07) is 7.35. The van der Waals surface area contributed by atoms with Gasteiger partial charge in [0.2, 0.25) is 5.28 Å². The molecule has 3 rings (SSSR count). The molecule has 3 aromatic rings. The van der Waals surface area contributed by atoms with Crippen molar-refractivity contribution in [3.8, 4) is 0 Å². The second-order valence-corrected chi connectivity index (χ2v) is 4.03. The van der Waals surface area contributed by atoms with Crippen LogP contribution in [0.3, 0.4) is 0 Å². The standard InChI is InChI=1S/C11H9ClN6/c12-11-17-9-8(14-5-15-9)10(18-11)16-7-3-1-2-6(13)4-7/h1-5H,13H2,(H2,14,15,16,17,18). The highest BCUT2D eigenvalue weighted by Crippen LogP contribution is 2.23. The van der Waals surface area contributed by atoms with Gasteiger partial charge >= 0.3 is 0 Å². The molecule has 7 heteroatoms. The van der Waals surface area contributed by atoms with Crippen LogP contribution < -0.4 is 11.1 Å². The molecule has 18 heavy (non-hydrogen) atoms. The molecule has 1 aromatic carbocycles. The van der Waals surface area contributed by atoms with E-state index in [9.17, 15) is 0 Å². The Hall–Kier alpha value is -2.34. The molecule has 0 aliphatic heterocycles. The molecule has 0 bridgehead atoms. The number of nitrogens with one attached hydrogen (secondary N) is 2. The summed E-state index contributed by atoms with van der Waals surface area (Å²) in [6.45, 7) is 0. The van der Waals surface area contributed by atoms with Crippen molar-refractivity contribution in [3.05, 3.63) is 35.9 Å². The molecule has 4 N–H and O–H groups in total. The first kappa shape index (κ1) is 10.8. The van der Waals surface area contributed by atoms with Crippen LogP contribution in [0.4, 0.5) is 17.2 Å². The molecule has 0 amide bonds. The zero-order valence-corrected chi connectivity index (χ0v) is 9.94. The summed E-state index contributed by atoms with van der Waals surface area (Å²) in [5.41, 5.74) is 8.41. The molecule has 0 aliphatic carbocycles. The number of hydrogen-bond acceptors (Lipinski definition) is 5. The van der Waals surface area contributed by atoms with Gasteiger partial charge in [-0.1, -0.05) is 6.07 Å². The molecule has 2 heterocycles. The predicted octanol–water partition coefficient (Wildman–Crippen LogP) is 2.33. The van der Waals surface area contributed by atoms with Crippen LogP contribution in [0.1, 0.15) is 0 Å². The molecule has 6 nitrogen and oxygen atoms in total. The van der Waals surface area contributed by atoms with Crippen molar-refractivity contribution in [1.82, 2.24) is 19.9 Å². The van der Waals surface area contributed by atoms with Crippen LogP contribution in [-0.2, 0) is 0 Å². The Morgan fingerprint density at radius 3 is 3.00 bits per heavy atom. The molecular formula is C11H9ClN6.